The minimum absolute atomic E-state index is 0.937. The van der Waals surface area contributed by atoms with E-state index in [1.54, 1.807) is 0 Å². The number of hydrogen-bond acceptors (Lipinski definition) is 4. The molecule has 0 N–H and O–H groups in total. The molecule has 2 nitrogen and oxygen atoms in total. The normalized spacial score (nSPS) is 26.1. The van der Waals surface area contributed by atoms with Gasteiger partial charge in [-0.25, -0.2) is 0 Å². The molecule has 0 bridgehead atoms. The number of hydrogen-bond donors (Lipinski definition) is 0. The van der Waals surface area contributed by atoms with E-state index in [0.29, 0.717) is 0 Å². The van der Waals surface area contributed by atoms with Crippen LogP contribution in [0.15, 0.2) is 36.4 Å². The molecule has 38 heavy (non-hydrogen) atoms. The van der Waals surface area contributed by atoms with Gasteiger partial charge in [-0.3, -0.25) is 4.67 Å². The molecule has 0 radical (unpaired) electrons. The van der Waals surface area contributed by atoms with Crippen molar-refractivity contribution in [2.24, 2.45) is 0 Å². The Balaban J connectivity index is 1.90. The molecule has 3 aromatic carbocycles. The summed E-state index contributed by atoms with van der Waals surface area (Å²) in [5.41, 5.74) is 8.03. The first kappa shape index (κ1) is 27.5. The van der Waals surface area contributed by atoms with Crippen molar-refractivity contribution in [3.05, 3.63) is 53.1 Å². The van der Waals surface area contributed by atoms with Crippen LogP contribution >= 0.6 is 18.3 Å². The van der Waals surface area contributed by atoms with Crippen LogP contribution in [0.4, 0.5) is 17.1 Å². The molecule has 0 saturated heterocycles. The predicted molar refractivity (Wildman–Crippen MR) is 185 cm³/mol. The molecule has 3 heterocycles. The van der Waals surface area contributed by atoms with Crippen LogP contribution < -0.4 is 36.7 Å². The summed E-state index contributed by atoms with van der Waals surface area (Å²) in [5, 5.41) is 8.15. The van der Waals surface area contributed by atoms with Crippen LogP contribution in [0.2, 0.25) is 0 Å². The summed E-state index contributed by atoms with van der Waals surface area (Å²) in [7, 11) is 0. The van der Waals surface area contributed by atoms with Gasteiger partial charge in [-0.05, 0) is 85.7 Å². The Bertz CT molecular complexity index is 1580. The van der Waals surface area contributed by atoms with Gasteiger partial charge in [0.1, 0.15) is 0 Å². The highest BCUT2D eigenvalue weighted by Gasteiger charge is 2.51. The van der Waals surface area contributed by atoms with Gasteiger partial charge >= 0.3 is 0 Å². The lowest BCUT2D eigenvalue weighted by Gasteiger charge is -2.53. The lowest BCUT2D eigenvalue weighted by Crippen LogP contribution is -2.52. The first-order chi connectivity index (χ1) is 18.0. The Morgan fingerprint density at radius 2 is 0.842 bits per heavy atom. The molecule has 0 aliphatic carbocycles. The summed E-state index contributed by atoms with van der Waals surface area (Å²) in [4.78, 5) is 2.61. The fraction of sp³-hybridized carbons (Fsp3) is 0.400. The highest BCUT2D eigenvalue weighted by molar-refractivity contribution is 8.23. The molecule has 0 saturated carbocycles. The van der Waals surface area contributed by atoms with Crippen molar-refractivity contribution in [3.63, 3.8) is 0 Å². The van der Waals surface area contributed by atoms with Crippen molar-refractivity contribution in [1.82, 2.24) is 4.67 Å². The molecule has 2 atom stereocenters. The quantitative estimate of drug-likeness (QED) is 0.333. The Morgan fingerprint density at radius 3 is 1.13 bits per heavy atom. The fourth-order valence-electron chi connectivity index (χ4n) is 6.70. The molecule has 0 fully saturated rings. The van der Waals surface area contributed by atoms with Crippen molar-refractivity contribution in [1.29, 1.82) is 0 Å². The van der Waals surface area contributed by atoms with E-state index in [4.69, 9.17) is 35.4 Å². The maximum absolute atomic E-state index is 7.02. The second-order valence-electron chi connectivity index (χ2n) is 10.9. The van der Waals surface area contributed by atoms with E-state index in [9.17, 15) is 0 Å². The number of anilines is 3. The van der Waals surface area contributed by atoms with Crippen LogP contribution in [0.25, 0.3) is 0 Å². The molecular formula is C30H37N2P3S3. The SMILES string of the molecule is CCc1cc2c3c(c1)P(C)(=S)c1cc(CC)cc4c1N3c1c(cc(CC)cc1P4(=S)N(CC)CC)P2(C)=S. The lowest BCUT2D eigenvalue weighted by atomic mass is 10.1. The van der Waals surface area contributed by atoms with Gasteiger partial charge in [0.25, 0.3) is 0 Å². The largest absolute Gasteiger partial charge is 0.306 e. The zero-order valence-electron chi connectivity index (χ0n) is 23.5. The molecular weight excluding hydrogens is 577 g/mol. The van der Waals surface area contributed by atoms with Crippen LogP contribution in [0.1, 0.15) is 51.3 Å². The summed E-state index contributed by atoms with van der Waals surface area (Å²) in [6.45, 7) is 17.9. The maximum atomic E-state index is 7.02. The van der Waals surface area contributed by atoms with Gasteiger partial charge in [-0.15, -0.1) is 0 Å². The van der Waals surface area contributed by atoms with Crippen molar-refractivity contribution >= 4 is 103 Å². The molecule has 200 valence electrons. The molecule has 0 spiro atoms. The van der Waals surface area contributed by atoms with Gasteiger partial charge in [0.05, 0.1) is 23.3 Å². The fourth-order valence-corrected chi connectivity index (χ4v) is 18.2. The minimum Gasteiger partial charge on any atom is -0.306 e. The van der Waals surface area contributed by atoms with Gasteiger partial charge < -0.3 is 4.90 Å². The summed E-state index contributed by atoms with van der Waals surface area (Å²) >= 11 is 20.5. The van der Waals surface area contributed by atoms with Crippen molar-refractivity contribution in [2.45, 2.75) is 53.9 Å². The Morgan fingerprint density at radius 1 is 0.553 bits per heavy atom. The zero-order valence-corrected chi connectivity index (χ0v) is 28.6. The smallest absolute Gasteiger partial charge is 0.0751 e. The van der Waals surface area contributed by atoms with Crippen LogP contribution in [0, 0.1) is 0 Å². The molecule has 3 aromatic rings. The van der Waals surface area contributed by atoms with Gasteiger partial charge in [-0.2, -0.15) is 0 Å². The summed E-state index contributed by atoms with van der Waals surface area (Å²) in [6.07, 6.45) is 0.668. The van der Waals surface area contributed by atoms with E-state index in [1.807, 2.05) is 0 Å². The van der Waals surface area contributed by atoms with E-state index >= 15 is 0 Å². The van der Waals surface area contributed by atoms with E-state index < -0.39 is 18.3 Å². The average molecular weight is 615 g/mol. The zero-order chi connectivity index (χ0) is 27.4. The van der Waals surface area contributed by atoms with Crippen molar-refractivity contribution in [3.8, 4) is 0 Å². The summed E-state index contributed by atoms with van der Waals surface area (Å²) in [6, 6.07) is 10.5. The third kappa shape index (κ3) is 3.37. The molecule has 0 aromatic heterocycles. The van der Waals surface area contributed by atoms with Crippen LogP contribution in [-0.4, -0.2) is 31.1 Å². The van der Waals surface area contributed by atoms with E-state index in [0.717, 1.165) is 32.4 Å². The van der Waals surface area contributed by atoms with Crippen molar-refractivity contribution in [2.75, 3.05) is 31.3 Å². The second-order valence-corrected chi connectivity index (χ2v) is 25.2. The molecule has 2 unspecified atom stereocenters. The average Bonchev–Trinajstić information content (AvgIpc) is 2.91. The summed E-state index contributed by atoms with van der Waals surface area (Å²) in [5.74, 6) is 0. The van der Waals surface area contributed by atoms with Crippen LogP contribution in [-0.2, 0) is 54.7 Å². The highest BCUT2D eigenvalue weighted by Crippen LogP contribution is 2.65. The molecule has 3 aliphatic rings. The Labute approximate surface area is 244 Å². The van der Waals surface area contributed by atoms with E-state index in [-0.39, 0.29) is 0 Å². The number of rotatable bonds is 6. The van der Waals surface area contributed by atoms with Gasteiger partial charge in [0.15, 0.2) is 0 Å². The third-order valence-electron chi connectivity index (χ3n) is 8.90. The molecule has 0 amide bonds. The molecule has 3 aliphatic heterocycles. The molecule has 6 rings (SSSR count). The minimum atomic E-state index is -2.30. The van der Waals surface area contributed by atoms with E-state index in [2.05, 4.69) is 93.9 Å². The third-order valence-corrected chi connectivity index (χ3v) is 21.5. The number of nitrogens with zero attached hydrogens (tertiary/aromatic N) is 2. The van der Waals surface area contributed by atoms with Crippen LogP contribution in [0.5, 0.6) is 0 Å². The topological polar surface area (TPSA) is 6.48 Å². The van der Waals surface area contributed by atoms with Crippen LogP contribution in [0.3, 0.4) is 0 Å². The molecule has 8 heteroatoms. The number of aryl methyl sites for hydroxylation is 3. The maximum Gasteiger partial charge on any atom is 0.0751 e. The first-order valence-corrected chi connectivity index (χ1v) is 23.1. The summed E-state index contributed by atoms with van der Waals surface area (Å²) < 4.78 is 2.59. The Hall–Kier alpha value is -0.630. The monoisotopic (exact) mass is 614 g/mol. The Kier molecular flexibility index (Phi) is 6.66. The van der Waals surface area contributed by atoms with E-state index in [1.165, 1.54) is 65.6 Å². The van der Waals surface area contributed by atoms with Crippen molar-refractivity contribution < 1.29 is 0 Å². The lowest BCUT2D eigenvalue weighted by molar-refractivity contribution is 0.513. The highest BCUT2D eigenvalue weighted by atomic mass is 32.4. The second kappa shape index (κ2) is 9.19. The first-order valence-electron chi connectivity index (χ1n) is 13.8. The standard InChI is InChI=1S/C30H37N2P3S3/c1-8-19-13-22-28-23(14-19)34(7,37)25-16-21(10-3)18-27-30(25)32(28)29-24(33(22,6)36)15-20(9-2)17-26(29)35(27,38)31(11-4)12-5/h13-18H,8-12H2,1-7H3. The predicted octanol–water partition coefficient (Wildman–Crippen LogP) is 5.59. The number of benzene rings is 3. The van der Waals surface area contributed by atoms with Gasteiger partial charge in [-0.1, -0.05) is 70.0 Å². The van der Waals surface area contributed by atoms with Gasteiger partial charge in [0, 0.05) is 57.0 Å². The van der Waals surface area contributed by atoms with Gasteiger partial charge in [0.2, 0.25) is 0 Å².